The highest BCUT2D eigenvalue weighted by Crippen LogP contribution is 2.25. The molecular weight excluding hydrogens is 338 g/mol. The summed E-state index contributed by atoms with van der Waals surface area (Å²) in [6, 6.07) is 12.3. The van der Waals surface area contributed by atoms with Crippen LogP contribution >= 0.6 is 0 Å². The number of amidine groups is 1. The van der Waals surface area contributed by atoms with Gasteiger partial charge in [0, 0.05) is 28.4 Å². The first-order chi connectivity index (χ1) is 13.2. The fourth-order valence-electron chi connectivity index (χ4n) is 3.55. The Kier molecular flexibility index (Phi) is 3.57. The summed E-state index contributed by atoms with van der Waals surface area (Å²) < 4.78 is 7.42. The van der Waals surface area contributed by atoms with E-state index in [1.54, 1.807) is 12.5 Å². The Bertz CT molecular complexity index is 1180. The van der Waals surface area contributed by atoms with E-state index in [0.717, 1.165) is 50.7 Å². The lowest BCUT2D eigenvalue weighted by molar-refractivity contribution is 0.529. The van der Waals surface area contributed by atoms with Crippen molar-refractivity contribution in [3.63, 3.8) is 0 Å². The quantitative estimate of drug-likeness (QED) is 0.600. The van der Waals surface area contributed by atoms with Crippen LogP contribution in [0.5, 0.6) is 0 Å². The first-order valence-electron chi connectivity index (χ1n) is 8.94. The van der Waals surface area contributed by atoms with Gasteiger partial charge in [0.15, 0.2) is 5.84 Å². The first kappa shape index (κ1) is 15.8. The van der Waals surface area contributed by atoms with E-state index < -0.39 is 0 Å². The topological polar surface area (TPSA) is 68.2 Å². The maximum atomic E-state index is 5.41. The van der Waals surface area contributed by atoms with Crippen LogP contribution in [0.2, 0.25) is 0 Å². The van der Waals surface area contributed by atoms with Crippen molar-refractivity contribution in [2.75, 3.05) is 5.32 Å². The van der Waals surface area contributed by atoms with Crippen molar-refractivity contribution in [2.24, 2.45) is 4.99 Å². The standard InChI is InChI=1S/C21H19N5O/c1-13-8-15(12-27-13)11-26-19-6-5-17(9-18(19)14(2)25-26)24-21-20-16(10-23-21)4-3-7-22-20/h3-9,12H,10-11H2,1-2H3,(H,23,24). The zero-order chi connectivity index (χ0) is 18.4. The summed E-state index contributed by atoms with van der Waals surface area (Å²) in [5.41, 5.74) is 6.29. The molecule has 0 aliphatic carbocycles. The number of fused-ring (bicyclic) bond motifs is 2. The molecule has 0 radical (unpaired) electrons. The van der Waals surface area contributed by atoms with Crippen LogP contribution in [0.1, 0.15) is 28.3 Å². The molecule has 0 saturated heterocycles. The van der Waals surface area contributed by atoms with E-state index in [9.17, 15) is 0 Å². The van der Waals surface area contributed by atoms with Crippen molar-refractivity contribution in [1.82, 2.24) is 14.8 Å². The highest BCUT2D eigenvalue weighted by molar-refractivity contribution is 6.09. The molecular formula is C21H19N5O. The molecule has 4 aromatic rings. The molecule has 6 heteroatoms. The van der Waals surface area contributed by atoms with Gasteiger partial charge in [-0.3, -0.25) is 14.7 Å². The molecule has 0 atom stereocenters. The third kappa shape index (κ3) is 2.79. The number of aromatic nitrogens is 3. The Morgan fingerprint density at radius 2 is 2.11 bits per heavy atom. The van der Waals surface area contributed by atoms with E-state index in [-0.39, 0.29) is 0 Å². The zero-order valence-electron chi connectivity index (χ0n) is 15.2. The van der Waals surface area contributed by atoms with Gasteiger partial charge in [0.1, 0.15) is 11.5 Å². The maximum absolute atomic E-state index is 5.41. The molecule has 6 nitrogen and oxygen atoms in total. The molecule has 0 spiro atoms. The Morgan fingerprint density at radius 1 is 1.19 bits per heavy atom. The smallest absolute Gasteiger partial charge is 0.152 e. The summed E-state index contributed by atoms with van der Waals surface area (Å²) in [4.78, 5) is 9.03. The lowest BCUT2D eigenvalue weighted by Gasteiger charge is -2.08. The number of benzene rings is 1. The number of aryl methyl sites for hydroxylation is 2. The van der Waals surface area contributed by atoms with Crippen molar-refractivity contribution in [2.45, 2.75) is 26.9 Å². The fourth-order valence-corrected chi connectivity index (χ4v) is 3.55. The van der Waals surface area contributed by atoms with Gasteiger partial charge in [-0.25, -0.2) is 0 Å². The van der Waals surface area contributed by atoms with Gasteiger partial charge in [-0.2, -0.15) is 5.10 Å². The van der Waals surface area contributed by atoms with Crippen molar-refractivity contribution in [1.29, 1.82) is 0 Å². The number of hydrogen-bond donors (Lipinski definition) is 1. The Labute approximate surface area is 156 Å². The summed E-state index contributed by atoms with van der Waals surface area (Å²) in [5.74, 6) is 1.74. The van der Waals surface area contributed by atoms with E-state index >= 15 is 0 Å². The molecule has 27 heavy (non-hydrogen) atoms. The number of nitrogens with one attached hydrogen (secondary N) is 1. The van der Waals surface area contributed by atoms with Crippen LogP contribution in [0.15, 0.2) is 58.3 Å². The van der Waals surface area contributed by atoms with E-state index in [1.807, 2.05) is 30.7 Å². The van der Waals surface area contributed by atoms with Gasteiger partial charge < -0.3 is 9.73 Å². The minimum absolute atomic E-state index is 0.675. The second-order valence-corrected chi connectivity index (χ2v) is 6.84. The third-order valence-corrected chi connectivity index (χ3v) is 4.84. The normalized spacial score (nSPS) is 13.0. The number of anilines is 1. The minimum Gasteiger partial charge on any atom is -0.469 e. The van der Waals surface area contributed by atoms with E-state index in [4.69, 9.17) is 9.52 Å². The molecule has 0 amide bonds. The molecule has 134 valence electrons. The predicted octanol–water partition coefficient (Wildman–Crippen LogP) is 4.06. The number of hydrogen-bond acceptors (Lipinski definition) is 5. The van der Waals surface area contributed by atoms with Crippen LogP contribution < -0.4 is 5.32 Å². The molecule has 3 aromatic heterocycles. The van der Waals surface area contributed by atoms with Crippen LogP contribution in [-0.2, 0) is 13.1 Å². The fraction of sp³-hybridized carbons (Fsp3) is 0.190. The highest BCUT2D eigenvalue weighted by atomic mass is 16.3. The van der Waals surface area contributed by atoms with Gasteiger partial charge in [0.2, 0.25) is 0 Å². The third-order valence-electron chi connectivity index (χ3n) is 4.84. The second-order valence-electron chi connectivity index (χ2n) is 6.84. The molecule has 1 N–H and O–H groups in total. The number of aliphatic imine (C=N–C) groups is 1. The lowest BCUT2D eigenvalue weighted by Crippen LogP contribution is -2.13. The molecule has 1 aliphatic rings. The van der Waals surface area contributed by atoms with Gasteiger partial charge in [-0.05, 0) is 44.2 Å². The average molecular weight is 357 g/mol. The average Bonchev–Trinajstić information content (AvgIpc) is 3.35. The van der Waals surface area contributed by atoms with Crippen LogP contribution in [0, 0.1) is 13.8 Å². The minimum atomic E-state index is 0.675. The Balaban J connectivity index is 1.45. The summed E-state index contributed by atoms with van der Waals surface area (Å²) in [5, 5.41) is 9.25. The highest BCUT2D eigenvalue weighted by Gasteiger charge is 2.17. The van der Waals surface area contributed by atoms with E-state index in [2.05, 4.69) is 39.6 Å². The van der Waals surface area contributed by atoms with Crippen molar-refractivity contribution in [3.8, 4) is 0 Å². The van der Waals surface area contributed by atoms with E-state index in [1.165, 1.54) is 0 Å². The predicted molar refractivity (Wildman–Crippen MR) is 105 cm³/mol. The lowest BCUT2D eigenvalue weighted by atomic mass is 10.1. The van der Waals surface area contributed by atoms with Crippen molar-refractivity contribution in [3.05, 3.63) is 77.1 Å². The van der Waals surface area contributed by atoms with Gasteiger partial charge in [0.05, 0.1) is 30.6 Å². The summed E-state index contributed by atoms with van der Waals surface area (Å²) >= 11 is 0. The molecule has 0 fully saturated rings. The van der Waals surface area contributed by atoms with E-state index in [0.29, 0.717) is 13.1 Å². The van der Waals surface area contributed by atoms with Crippen molar-refractivity contribution < 1.29 is 4.42 Å². The van der Waals surface area contributed by atoms with Crippen LogP contribution in [0.25, 0.3) is 10.9 Å². The van der Waals surface area contributed by atoms with Crippen molar-refractivity contribution >= 4 is 22.4 Å². The number of pyridine rings is 1. The largest absolute Gasteiger partial charge is 0.469 e. The van der Waals surface area contributed by atoms with Gasteiger partial charge in [-0.15, -0.1) is 0 Å². The molecule has 4 heterocycles. The summed E-state index contributed by atoms with van der Waals surface area (Å²) in [6.07, 6.45) is 3.59. The second kappa shape index (κ2) is 6.09. The Hall–Kier alpha value is -3.41. The molecule has 1 aromatic carbocycles. The number of nitrogens with zero attached hydrogens (tertiary/aromatic N) is 4. The number of furan rings is 1. The SMILES string of the molecule is Cc1cc(Cn2nc(C)c3cc(NC4=NCc5cccnc54)ccc32)co1. The van der Waals surface area contributed by atoms with Crippen LogP contribution in [-0.4, -0.2) is 20.6 Å². The molecule has 5 rings (SSSR count). The molecule has 0 bridgehead atoms. The van der Waals surface area contributed by atoms with Gasteiger partial charge >= 0.3 is 0 Å². The molecule has 0 saturated carbocycles. The summed E-state index contributed by atoms with van der Waals surface area (Å²) in [7, 11) is 0. The van der Waals surface area contributed by atoms with Crippen LogP contribution in [0.4, 0.5) is 5.69 Å². The van der Waals surface area contributed by atoms with Gasteiger partial charge in [-0.1, -0.05) is 6.07 Å². The first-order valence-corrected chi connectivity index (χ1v) is 8.94. The maximum Gasteiger partial charge on any atom is 0.152 e. The van der Waals surface area contributed by atoms with Crippen LogP contribution in [0.3, 0.4) is 0 Å². The number of rotatable bonds is 3. The monoisotopic (exact) mass is 357 g/mol. The molecule has 1 aliphatic heterocycles. The Morgan fingerprint density at radius 3 is 2.96 bits per heavy atom. The summed E-state index contributed by atoms with van der Waals surface area (Å²) in [6.45, 7) is 5.35. The molecule has 0 unspecified atom stereocenters. The van der Waals surface area contributed by atoms with Gasteiger partial charge in [0.25, 0.3) is 0 Å². The zero-order valence-corrected chi connectivity index (χ0v) is 15.2.